The maximum Gasteiger partial charge on any atom is 0.253 e. The van der Waals surface area contributed by atoms with Crippen molar-refractivity contribution in [1.29, 1.82) is 0 Å². The SMILES string of the molecule is Cc1cc2c(c(=O)[nH]1)CNC(=O)c1cc(Cl)cc(O[C@H]3CC[C@H](N)CC3)c1C/C=C\CC2.Cl. The van der Waals surface area contributed by atoms with Crippen LogP contribution in [0, 0.1) is 6.92 Å². The lowest BCUT2D eigenvalue weighted by atomic mass is 9.93. The number of hydrogen-bond donors (Lipinski definition) is 3. The van der Waals surface area contributed by atoms with Crippen molar-refractivity contribution in [3.63, 3.8) is 0 Å². The minimum absolute atomic E-state index is 0. The molecule has 2 aromatic rings. The number of rotatable bonds is 2. The average molecular weight is 492 g/mol. The number of aromatic amines is 1. The average Bonchev–Trinajstić information content (AvgIpc) is 2.74. The van der Waals surface area contributed by atoms with Crippen molar-refractivity contribution in [2.24, 2.45) is 5.73 Å². The Kier molecular flexibility index (Phi) is 8.63. The van der Waals surface area contributed by atoms with Gasteiger partial charge in [-0.2, -0.15) is 0 Å². The van der Waals surface area contributed by atoms with Crippen molar-refractivity contribution >= 4 is 29.9 Å². The lowest BCUT2D eigenvalue weighted by Crippen LogP contribution is -2.32. The molecule has 4 rings (SSSR count). The number of hydrogen-bond acceptors (Lipinski definition) is 4. The van der Waals surface area contributed by atoms with E-state index in [9.17, 15) is 9.59 Å². The van der Waals surface area contributed by atoms with Crippen LogP contribution in [0.4, 0.5) is 0 Å². The summed E-state index contributed by atoms with van der Waals surface area (Å²) in [7, 11) is 0. The number of amides is 1. The van der Waals surface area contributed by atoms with Gasteiger partial charge in [0.05, 0.1) is 6.10 Å². The molecular formula is C25H31Cl2N3O3. The highest BCUT2D eigenvalue weighted by molar-refractivity contribution is 6.31. The zero-order valence-electron chi connectivity index (χ0n) is 18.8. The Bertz CT molecular complexity index is 1090. The highest BCUT2D eigenvalue weighted by Gasteiger charge is 2.23. The number of aromatic nitrogens is 1. The molecule has 1 amide bonds. The number of ether oxygens (including phenoxy) is 1. The first-order valence-electron chi connectivity index (χ1n) is 11.3. The number of allylic oxidation sites excluding steroid dienone is 2. The Labute approximate surface area is 205 Å². The van der Waals surface area contributed by atoms with E-state index in [1.54, 1.807) is 12.1 Å². The molecule has 0 unspecified atom stereocenters. The van der Waals surface area contributed by atoms with Crippen molar-refractivity contribution in [2.75, 3.05) is 0 Å². The summed E-state index contributed by atoms with van der Waals surface area (Å²) in [5, 5.41) is 3.37. The Hall–Kier alpha value is -2.28. The largest absolute Gasteiger partial charge is 0.490 e. The third-order valence-corrected chi connectivity index (χ3v) is 6.51. The number of fused-ring (bicyclic) bond motifs is 2. The summed E-state index contributed by atoms with van der Waals surface area (Å²) < 4.78 is 6.34. The zero-order chi connectivity index (χ0) is 22.7. The molecule has 2 aliphatic rings. The van der Waals surface area contributed by atoms with Gasteiger partial charge < -0.3 is 20.8 Å². The smallest absolute Gasteiger partial charge is 0.253 e. The summed E-state index contributed by atoms with van der Waals surface area (Å²) >= 11 is 6.38. The fourth-order valence-electron chi connectivity index (χ4n) is 4.54. The third kappa shape index (κ3) is 6.19. The minimum atomic E-state index is -0.266. The van der Waals surface area contributed by atoms with E-state index in [-0.39, 0.29) is 42.6 Å². The monoisotopic (exact) mass is 491 g/mol. The fraction of sp³-hybridized carbons (Fsp3) is 0.440. The lowest BCUT2D eigenvalue weighted by Gasteiger charge is -2.28. The highest BCUT2D eigenvalue weighted by Crippen LogP contribution is 2.32. The molecular weight excluding hydrogens is 461 g/mol. The molecule has 1 aromatic heterocycles. The second-order valence-electron chi connectivity index (χ2n) is 8.77. The number of aryl methyl sites for hydroxylation is 2. The van der Waals surface area contributed by atoms with Gasteiger partial charge in [0.1, 0.15) is 5.75 Å². The first-order valence-corrected chi connectivity index (χ1v) is 11.7. The van der Waals surface area contributed by atoms with Crippen LogP contribution in [0.1, 0.15) is 64.8 Å². The molecule has 8 heteroatoms. The Balaban J connectivity index is 0.00000306. The quantitative estimate of drug-likeness (QED) is 0.542. The molecule has 33 heavy (non-hydrogen) atoms. The van der Waals surface area contributed by atoms with E-state index in [2.05, 4.69) is 22.5 Å². The van der Waals surface area contributed by atoms with E-state index in [1.807, 2.05) is 13.0 Å². The summed E-state index contributed by atoms with van der Waals surface area (Å²) in [6.07, 6.45) is 10.00. The van der Waals surface area contributed by atoms with E-state index < -0.39 is 0 Å². The Morgan fingerprint density at radius 1 is 1.06 bits per heavy atom. The summed E-state index contributed by atoms with van der Waals surface area (Å²) in [6, 6.07) is 5.69. The molecule has 0 radical (unpaired) electrons. The number of carbonyl (C=O) groups excluding carboxylic acids is 1. The van der Waals surface area contributed by atoms with Gasteiger partial charge >= 0.3 is 0 Å². The maximum atomic E-state index is 13.2. The summed E-state index contributed by atoms with van der Waals surface area (Å²) in [5.74, 6) is 0.386. The molecule has 1 fully saturated rings. The second-order valence-corrected chi connectivity index (χ2v) is 9.20. The number of nitrogens with one attached hydrogen (secondary N) is 2. The molecule has 0 saturated heterocycles. The topological polar surface area (TPSA) is 97.2 Å². The molecule has 1 aromatic carbocycles. The molecule has 0 spiro atoms. The molecule has 2 heterocycles. The van der Waals surface area contributed by atoms with Crippen LogP contribution in [0.3, 0.4) is 0 Å². The second kappa shape index (κ2) is 11.2. The van der Waals surface area contributed by atoms with Crippen LogP contribution in [0.25, 0.3) is 0 Å². The van der Waals surface area contributed by atoms with Crippen LogP contribution >= 0.6 is 24.0 Å². The van der Waals surface area contributed by atoms with Crippen LogP contribution in [0.2, 0.25) is 5.02 Å². The number of halogens is 2. The van der Waals surface area contributed by atoms with E-state index in [1.165, 1.54) is 0 Å². The van der Waals surface area contributed by atoms with Crippen LogP contribution in [0.5, 0.6) is 5.75 Å². The van der Waals surface area contributed by atoms with Gasteiger partial charge in [0.2, 0.25) is 0 Å². The summed E-state index contributed by atoms with van der Waals surface area (Å²) in [5.41, 5.74) is 9.54. The van der Waals surface area contributed by atoms with Crippen molar-refractivity contribution in [3.8, 4) is 5.75 Å². The molecule has 0 bridgehead atoms. The summed E-state index contributed by atoms with van der Waals surface area (Å²) in [4.78, 5) is 28.5. The van der Waals surface area contributed by atoms with Gasteiger partial charge in [-0.25, -0.2) is 0 Å². The highest BCUT2D eigenvalue weighted by atomic mass is 35.5. The third-order valence-electron chi connectivity index (χ3n) is 6.29. The van der Waals surface area contributed by atoms with Gasteiger partial charge in [-0.15, -0.1) is 12.4 Å². The molecule has 1 aliphatic carbocycles. The van der Waals surface area contributed by atoms with E-state index in [4.69, 9.17) is 22.1 Å². The number of H-pyrrole nitrogens is 1. The minimum Gasteiger partial charge on any atom is -0.490 e. The van der Waals surface area contributed by atoms with Gasteiger partial charge in [-0.05, 0) is 75.6 Å². The molecule has 4 N–H and O–H groups in total. The van der Waals surface area contributed by atoms with E-state index in [0.29, 0.717) is 28.3 Å². The normalized spacial score (nSPS) is 21.8. The van der Waals surface area contributed by atoms with Crippen LogP contribution in [0.15, 0.2) is 35.1 Å². The molecule has 1 saturated carbocycles. The maximum absolute atomic E-state index is 13.2. The number of carbonyl (C=O) groups is 1. The number of pyridine rings is 1. The predicted octanol–water partition coefficient (Wildman–Crippen LogP) is 4.38. The predicted molar refractivity (Wildman–Crippen MR) is 134 cm³/mol. The first-order chi connectivity index (χ1) is 15.4. The van der Waals surface area contributed by atoms with Crippen LogP contribution in [-0.2, 0) is 19.4 Å². The van der Waals surface area contributed by atoms with Crippen molar-refractivity contribution in [1.82, 2.24) is 10.3 Å². The molecule has 6 nitrogen and oxygen atoms in total. The first kappa shape index (κ1) is 25.3. The van der Waals surface area contributed by atoms with Gasteiger partial charge in [-0.3, -0.25) is 9.59 Å². The Morgan fingerprint density at radius 3 is 2.58 bits per heavy atom. The van der Waals surface area contributed by atoms with Crippen LogP contribution < -0.4 is 21.3 Å². The molecule has 0 atom stereocenters. The van der Waals surface area contributed by atoms with Crippen molar-refractivity contribution in [2.45, 2.75) is 70.6 Å². The number of benzene rings is 1. The standard InChI is InChI=1S/C25H30ClN3O3.ClH/c1-15-11-16-5-3-2-4-6-20-21(24(30)28-14-22(16)25(31)29-15)12-17(26)13-23(20)32-19-9-7-18(27)8-10-19;/h2,4,11-13,18-19H,3,5-10,14,27H2,1H3,(H,28,30)(H,29,31);1H/b4-2-;/t18-,19-;. The van der Waals surface area contributed by atoms with E-state index in [0.717, 1.165) is 55.3 Å². The molecule has 178 valence electrons. The van der Waals surface area contributed by atoms with E-state index >= 15 is 0 Å². The van der Waals surface area contributed by atoms with Gasteiger partial charge in [0.25, 0.3) is 11.5 Å². The summed E-state index contributed by atoms with van der Waals surface area (Å²) in [6.45, 7) is 2.03. The van der Waals surface area contributed by atoms with Crippen LogP contribution in [-0.4, -0.2) is 23.0 Å². The van der Waals surface area contributed by atoms with Crippen molar-refractivity contribution < 1.29 is 9.53 Å². The van der Waals surface area contributed by atoms with Crippen molar-refractivity contribution in [3.05, 3.63) is 73.7 Å². The Morgan fingerprint density at radius 2 is 1.82 bits per heavy atom. The fourth-order valence-corrected chi connectivity index (χ4v) is 4.75. The van der Waals surface area contributed by atoms with Gasteiger partial charge in [0.15, 0.2) is 0 Å². The number of nitrogens with two attached hydrogens (primary N) is 1. The lowest BCUT2D eigenvalue weighted by molar-refractivity contribution is 0.0948. The van der Waals surface area contributed by atoms with Gasteiger partial charge in [0, 0.05) is 40.0 Å². The van der Waals surface area contributed by atoms with Gasteiger partial charge in [-0.1, -0.05) is 23.8 Å². The zero-order valence-corrected chi connectivity index (χ0v) is 20.4. The molecule has 1 aliphatic heterocycles.